The third kappa shape index (κ3) is 1.59. The number of hydrogen-bond donors (Lipinski definition) is 0. The zero-order valence-electron chi connectivity index (χ0n) is 7.81. The Kier molecular flexibility index (Phi) is 2.08. The first-order valence-electron chi connectivity index (χ1n) is 4.70. The molecule has 13 heavy (non-hydrogen) atoms. The van der Waals surface area contributed by atoms with Crippen LogP contribution in [0.25, 0.3) is 0 Å². The Morgan fingerprint density at radius 2 is 2.38 bits per heavy atom. The molecule has 1 aromatic heterocycles. The van der Waals surface area contributed by atoms with Crippen molar-refractivity contribution in [1.82, 2.24) is 0 Å². The lowest BCUT2D eigenvalue weighted by molar-refractivity contribution is -0.592. The molecule has 2 heterocycles. The number of anilines is 1. The molecule has 0 radical (unpaired) electrons. The number of aromatic nitrogens is 1. The lowest BCUT2D eigenvalue weighted by Crippen LogP contribution is -2.36. The van der Waals surface area contributed by atoms with Crippen LogP contribution in [-0.4, -0.2) is 13.1 Å². The van der Waals surface area contributed by atoms with Crippen LogP contribution in [0.5, 0.6) is 0 Å². The highest BCUT2D eigenvalue weighted by molar-refractivity contribution is 5.34. The first-order valence-corrected chi connectivity index (χ1v) is 4.70. The van der Waals surface area contributed by atoms with Gasteiger partial charge in [0.05, 0.1) is 19.3 Å². The van der Waals surface area contributed by atoms with Crippen LogP contribution in [0.15, 0.2) is 24.4 Å². The van der Waals surface area contributed by atoms with Gasteiger partial charge in [0.25, 0.3) is 5.82 Å². The molecule has 1 aromatic rings. The minimum absolute atomic E-state index is 0.709. The van der Waals surface area contributed by atoms with E-state index in [-0.39, 0.29) is 0 Å². The lowest BCUT2D eigenvalue weighted by Gasteiger charge is -2.15. The highest BCUT2D eigenvalue weighted by Crippen LogP contribution is 2.19. The summed E-state index contributed by atoms with van der Waals surface area (Å²) in [4.78, 5) is 2.15. The van der Waals surface area contributed by atoms with E-state index in [1.807, 2.05) is 12.1 Å². The number of pyridine rings is 1. The van der Waals surface area contributed by atoms with Crippen LogP contribution in [-0.2, 0) is 0 Å². The van der Waals surface area contributed by atoms with Crippen molar-refractivity contribution in [1.29, 1.82) is 0 Å². The third-order valence-electron chi connectivity index (χ3n) is 2.55. The minimum Gasteiger partial charge on any atom is -0.711 e. The van der Waals surface area contributed by atoms with E-state index >= 15 is 0 Å². The number of hydrogen-bond acceptors (Lipinski definition) is 2. The van der Waals surface area contributed by atoms with Crippen LogP contribution in [0, 0.1) is 11.1 Å². The molecule has 3 nitrogen and oxygen atoms in total. The summed E-state index contributed by atoms with van der Waals surface area (Å²) in [5.41, 5.74) is 0. The van der Waals surface area contributed by atoms with E-state index in [0.717, 1.165) is 23.6 Å². The first-order chi connectivity index (χ1) is 6.27. The van der Waals surface area contributed by atoms with E-state index in [9.17, 15) is 5.21 Å². The molecule has 0 N–H and O–H groups in total. The molecule has 0 bridgehead atoms. The highest BCUT2D eigenvalue weighted by Gasteiger charge is 2.26. The van der Waals surface area contributed by atoms with E-state index in [0.29, 0.717) is 5.92 Å². The van der Waals surface area contributed by atoms with Crippen molar-refractivity contribution >= 4 is 5.82 Å². The molecule has 1 saturated heterocycles. The Morgan fingerprint density at radius 3 is 3.00 bits per heavy atom. The first kappa shape index (κ1) is 8.35. The van der Waals surface area contributed by atoms with E-state index in [1.165, 1.54) is 6.42 Å². The summed E-state index contributed by atoms with van der Waals surface area (Å²) in [6, 6.07) is 5.55. The molecule has 3 heteroatoms. The fourth-order valence-electron chi connectivity index (χ4n) is 1.81. The minimum atomic E-state index is 0.709. The maximum atomic E-state index is 11.4. The van der Waals surface area contributed by atoms with Crippen molar-refractivity contribution in [3.05, 3.63) is 29.6 Å². The molecule has 2 rings (SSSR count). The molecule has 0 aromatic carbocycles. The van der Waals surface area contributed by atoms with Crippen molar-refractivity contribution in [2.75, 3.05) is 18.0 Å². The summed E-state index contributed by atoms with van der Waals surface area (Å²) >= 11 is 0. The van der Waals surface area contributed by atoms with Crippen LogP contribution < -0.4 is 9.63 Å². The van der Waals surface area contributed by atoms with E-state index < -0.39 is 0 Å². The summed E-state index contributed by atoms with van der Waals surface area (Å²) in [5.74, 6) is 1.49. The lowest BCUT2D eigenvalue weighted by atomic mass is 10.2. The Bertz CT molecular complexity index is 301. The average Bonchev–Trinajstić information content (AvgIpc) is 2.53. The quantitative estimate of drug-likeness (QED) is 0.477. The highest BCUT2D eigenvalue weighted by atomic mass is 16.5. The van der Waals surface area contributed by atoms with Crippen molar-refractivity contribution in [3.63, 3.8) is 0 Å². The molecule has 1 fully saturated rings. The summed E-state index contributed by atoms with van der Waals surface area (Å²) in [7, 11) is 0. The second-order valence-corrected chi connectivity index (χ2v) is 3.72. The zero-order chi connectivity index (χ0) is 9.26. The van der Waals surface area contributed by atoms with Gasteiger partial charge in [-0.15, -0.1) is 0 Å². The molecule has 1 atom stereocenters. The predicted octanol–water partition coefficient (Wildman–Crippen LogP) is 1.17. The Balaban J connectivity index is 2.21. The molecular weight excluding hydrogens is 164 g/mol. The van der Waals surface area contributed by atoms with Gasteiger partial charge >= 0.3 is 0 Å². The van der Waals surface area contributed by atoms with Crippen LogP contribution in [0.1, 0.15) is 13.3 Å². The van der Waals surface area contributed by atoms with Gasteiger partial charge in [0.15, 0.2) is 0 Å². The van der Waals surface area contributed by atoms with Crippen LogP contribution in [0.2, 0.25) is 0 Å². The van der Waals surface area contributed by atoms with Gasteiger partial charge in [-0.25, -0.2) is 4.73 Å². The fraction of sp³-hybridized carbons (Fsp3) is 0.500. The molecule has 1 aliphatic rings. The van der Waals surface area contributed by atoms with Crippen LogP contribution in [0.3, 0.4) is 0 Å². The normalized spacial score (nSPS) is 22.2. The van der Waals surface area contributed by atoms with E-state index in [2.05, 4.69) is 11.8 Å². The molecule has 0 aliphatic carbocycles. The van der Waals surface area contributed by atoms with Crippen LogP contribution in [0.4, 0.5) is 5.82 Å². The topological polar surface area (TPSA) is 30.2 Å². The van der Waals surface area contributed by atoms with Gasteiger partial charge in [0.1, 0.15) is 0 Å². The summed E-state index contributed by atoms with van der Waals surface area (Å²) < 4.78 is 0.942. The van der Waals surface area contributed by atoms with Crippen molar-refractivity contribution in [2.45, 2.75) is 13.3 Å². The van der Waals surface area contributed by atoms with Gasteiger partial charge in [0.2, 0.25) is 0 Å². The van der Waals surface area contributed by atoms with E-state index in [1.54, 1.807) is 12.3 Å². The molecule has 1 aliphatic heterocycles. The summed E-state index contributed by atoms with van der Waals surface area (Å²) in [6.07, 6.45) is 2.74. The van der Waals surface area contributed by atoms with Gasteiger partial charge in [-0.2, -0.15) is 0 Å². The predicted molar refractivity (Wildman–Crippen MR) is 51.4 cm³/mol. The zero-order valence-corrected chi connectivity index (χ0v) is 7.81. The molecule has 0 saturated carbocycles. The number of rotatable bonds is 1. The SMILES string of the molecule is C[C@@H]1CCN(c2cccc[n+]2[O-])C1. The third-order valence-corrected chi connectivity index (χ3v) is 2.55. The molecule has 0 spiro atoms. The van der Waals surface area contributed by atoms with E-state index in [4.69, 9.17) is 0 Å². The molecular formula is C10H14N2O. The average molecular weight is 178 g/mol. The van der Waals surface area contributed by atoms with Gasteiger partial charge in [0, 0.05) is 6.07 Å². The molecule has 0 amide bonds. The van der Waals surface area contributed by atoms with Gasteiger partial charge in [-0.3, -0.25) is 4.90 Å². The second kappa shape index (κ2) is 3.24. The van der Waals surface area contributed by atoms with Crippen molar-refractivity contribution < 1.29 is 4.73 Å². The second-order valence-electron chi connectivity index (χ2n) is 3.72. The standard InChI is InChI=1S/C10H14N2O/c1-9-5-7-11(8-9)10-4-2-3-6-12(10)13/h2-4,6,9H,5,7-8H2,1H3/t9-/m1/s1. The Labute approximate surface area is 78.2 Å². The maximum Gasteiger partial charge on any atom is 0.279 e. The van der Waals surface area contributed by atoms with Gasteiger partial charge < -0.3 is 5.21 Å². The van der Waals surface area contributed by atoms with Crippen molar-refractivity contribution in [3.8, 4) is 0 Å². The number of nitrogens with zero attached hydrogens (tertiary/aromatic N) is 2. The van der Waals surface area contributed by atoms with Gasteiger partial charge in [-0.1, -0.05) is 13.0 Å². The fourth-order valence-corrected chi connectivity index (χ4v) is 1.81. The molecule has 70 valence electrons. The Morgan fingerprint density at radius 1 is 1.54 bits per heavy atom. The summed E-state index contributed by atoms with van der Waals surface area (Å²) in [6.45, 7) is 4.23. The van der Waals surface area contributed by atoms with Gasteiger partial charge in [-0.05, 0) is 18.4 Å². The van der Waals surface area contributed by atoms with Crippen molar-refractivity contribution in [2.24, 2.45) is 5.92 Å². The maximum absolute atomic E-state index is 11.4. The monoisotopic (exact) mass is 178 g/mol. The smallest absolute Gasteiger partial charge is 0.279 e. The van der Waals surface area contributed by atoms with Crippen LogP contribution >= 0.6 is 0 Å². The summed E-state index contributed by atoms with van der Waals surface area (Å²) in [5, 5.41) is 11.4. The Hall–Kier alpha value is -1.25. The largest absolute Gasteiger partial charge is 0.711 e. The molecule has 0 unspecified atom stereocenters.